The number of rotatable bonds is 10. The minimum absolute atomic E-state index is 0.0667. The van der Waals surface area contributed by atoms with Crippen LogP contribution < -0.4 is 0 Å². The summed E-state index contributed by atoms with van der Waals surface area (Å²) >= 11 is 0. The molecule has 0 aliphatic carbocycles. The first-order valence-corrected chi connectivity index (χ1v) is 8.14. The van der Waals surface area contributed by atoms with Gasteiger partial charge in [0.25, 0.3) is 0 Å². The van der Waals surface area contributed by atoms with E-state index in [1.165, 1.54) is 0 Å². The van der Waals surface area contributed by atoms with Crippen molar-refractivity contribution in [1.82, 2.24) is 4.98 Å². The molecule has 1 aromatic rings. The number of carbonyl (C=O) groups is 3. The van der Waals surface area contributed by atoms with Crippen LogP contribution in [0.5, 0.6) is 0 Å². The summed E-state index contributed by atoms with van der Waals surface area (Å²) in [6.07, 6.45) is 5.03. The standard InChI is InChI=1S/C17H25NO5/c1-4-7-8-9-10-12-14(16(20)22-5-2)13(11-19)18-15(12)17(21)23-6-3/h11,18H,4-10H2,1-3H3. The highest BCUT2D eigenvalue weighted by molar-refractivity contribution is 6.03. The molecule has 0 aromatic carbocycles. The normalized spacial score (nSPS) is 10.4. The Bertz CT molecular complexity index is 547. The minimum atomic E-state index is -0.591. The maximum atomic E-state index is 12.2. The highest BCUT2D eigenvalue weighted by Crippen LogP contribution is 2.23. The number of aromatic nitrogens is 1. The first-order valence-electron chi connectivity index (χ1n) is 8.14. The van der Waals surface area contributed by atoms with Crippen LogP contribution in [0.3, 0.4) is 0 Å². The van der Waals surface area contributed by atoms with Crippen LogP contribution in [0.1, 0.15) is 83.4 Å². The summed E-state index contributed by atoms with van der Waals surface area (Å²) in [5.41, 5.74) is 0.909. The van der Waals surface area contributed by atoms with Crippen molar-refractivity contribution in [3.8, 4) is 0 Å². The van der Waals surface area contributed by atoms with Crippen LogP contribution in [0.2, 0.25) is 0 Å². The zero-order valence-corrected chi connectivity index (χ0v) is 14.1. The fourth-order valence-corrected chi connectivity index (χ4v) is 2.44. The van der Waals surface area contributed by atoms with E-state index < -0.39 is 11.9 Å². The first-order chi connectivity index (χ1) is 11.1. The Morgan fingerprint density at radius 1 is 1.00 bits per heavy atom. The van der Waals surface area contributed by atoms with Crippen molar-refractivity contribution in [3.05, 3.63) is 22.5 Å². The Labute approximate surface area is 136 Å². The van der Waals surface area contributed by atoms with E-state index in [2.05, 4.69) is 11.9 Å². The summed E-state index contributed by atoms with van der Waals surface area (Å²) in [6.45, 7) is 5.92. The van der Waals surface area contributed by atoms with Gasteiger partial charge < -0.3 is 14.5 Å². The molecule has 0 aliphatic rings. The SMILES string of the molecule is CCCCCCc1c(C(=O)OCC)[nH]c(C=O)c1C(=O)OCC. The number of carbonyl (C=O) groups excluding carboxylic acids is 3. The molecule has 6 nitrogen and oxygen atoms in total. The summed E-state index contributed by atoms with van der Waals surface area (Å²) in [6, 6.07) is 0. The van der Waals surface area contributed by atoms with Crippen LogP contribution in [0.25, 0.3) is 0 Å². The van der Waals surface area contributed by atoms with Crippen molar-refractivity contribution in [1.29, 1.82) is 0 Å². The Morgan fingerprint density at radius 2 is 1.65 bits per heavy atom. The molecular formula is C17H25NO5. The number of H-pyrrole nitrogens is 1. The van der Waals surface area contributed by atoms with E-state index in [-0.39, 0.29) is 30.2 Å². The largest absolute Gasteiger partial charge is 0.462 e. The molecule has 0 spiro atoms. The lowest BCUT2D eigenvalue weighted by Gasteiger charge is -2.07. The van der Waals surface area contributed by atoms with E-state index in [1.54, 1.807) is 13.8 Å². The van der Waals surface area contributed by atoms with E-state index >= 15 is 0 Å². The molecule has 0 amide bonds. The van der Waals surface area contributed by atoms with Crippen molar-refractivity contribution < 1.29 is 23.9 Å². The number of hydrogen-bond donors (Lipinski definition) is 1. The maximum absolute atomic E-state index is 12.2. The Hall–Kier alpha value is -2.11. The predicted octanol–water partition coefficient (Wildman–Crippen LogP) is 3.30. The Morgan fingerprint density at radius 3 is 2.22 bits per heavy atom. The summed E-state index contributed by atoms with van der Waals surface area (Å²) in [7, 11) is 0. The average molecular weight is 323 g/mol. The summed E-state index contributed by atoms with van der Waals surface area (Å²) in [4.78, 5) is 38.3. The van der Waals surface area contributed by atoms with Crippen molar-refractivity contribution in [2.24, 2.45) is 0 Å². The molecule has 6 heteroatoms. The van der Waals surface area contributed by atoms with E-state index in [4.69, 9.17) is 9.47 Å². The van der Waals surface area contributed by atoms with E-state index in [1.807, 2.05) is 0 Å². The summed E-state index contributed by atoms with van der Waals surface area (Å²) in [5, 5.41) is 0. The molecule has 1 N–H and O–H groups in total. The molecule has 0 aliphatic heterocycles. The fourth-order valence-electron chi connectivity index (χ4n) is 2.44. The lowest BCUT2D eigenvalue weighted by atomic mass is 10.0. The molecule has 1 aromatic heterocycles. The number of unbranched alkanes of at least 4 members (excludes halogenated alkanes) is 3. The van der Waals surface area contributed by atoms with Crippen LogP contribution >= 0.6 is 0 Å². The molecule has 0 saturated heterocycles. The van der Waals surface area contributed by atoms with Gasteiger partial charge in [0.15, 0.2) is 6.29 Å². The molecule has 0 bridgehead atoms. The molecule has 1 rings (SSSR count). The van der Waals surface area contributed by atoms with Gasteiger partial charge in [0.05, 0.1) is 24.5 Å². The second-order valence-corrected chi connectivity index (χ2v) is 5.14. The van der Waals surface area contributed by atoms with Crippen LogP contribution in [-0.4, -0.2) is 36.4 Å². The number of aromatic amines is 1. The molecule has 23 heavy (non-hydrogen) atoms. The van der Waals surface area contributed by atoms with Crippen LogP contribution in [0.4, 0.5) is 0 Å². The van der Waals surface area contributed by atoms with Gasteiger partial charge in [-0.1, -0.05) is 26.2 Å². The van der Waals surface area contributed by atoms with Crippen LogP contribution in [0.15, 0.2) is 0 Å². The van der Waals surface area contributed by atoms with E-state index in [9.17, 15) is 14.4 Å². The topological polar surface area (TPSA) is 85.5 Å². The van der Waals surface area contributed by atoms with Gasteiger partial charge in [-0.05, 0) is 32.3 Å². The second kappa shape index (κ2) is 9.82. The van der Waals surface area contributed by atoms with Gasteiger partial charge in [-0.15, -0.1) is 0 Å². The number of esters is 2. The van der Waals surface area contributed by atoms with Gasteiger partial charge in [0.1, 0.15) is 5.69 Å². The van der Waals surface area contributed by atoms with Crippen molar-refractivity contribution in [2.45, 2.75) is 52.9 Å². The van der Waals surface area contributed by atoms with E-state index in [0.29, 0.717) is 18.3 Å². The minimum Gasteiger partial charge on any atom is -0.462 e. The van der Waals surface area contributed by atoms with Gasteiger partial charge in [0, 0.05) is 0 Å². The monoisotopic (exact) mass is 323 g/mol. The van der Waals surface area contributed by atoms with Gasteiger partial charge >= 0.3 is 11.9 Å². The Balaban J connectivity index is 3.19. The zero-order chi connectivity index (χ0) is 17.2. The molecule has 0 fully saturated rings. The Kier molecular flexibility index (Phi) is 8.08. The molecule has 0 radical (unpaired) electrons. The number of nitrogens with one attached hydrogen (secondary N) is 1. The quantitative estimate of drug-likeness (QED) is 0.405. The third-order valence-corrected chi connectivity index (χ3v) is 3.49. The highest BCUT2D eigenvalue weighted by Gasteiger charge is 2.27. The number of hydrogen-bond acceptors (Lipinski definition) is 5. The lowest BCUT2D eigenvalue weighted by Crippen LogP contribution is -2.11. The fraction of sp³-hybridized carbons (Fsp3) is 0.588. The molecule has 0 atom stereocenters. The number of aldehydes is 1. The molecule has 1 heterocycles. The molecule has 0 saturated carbocycles. The maximum Gasteiger partial charge on any atom is 0.355 e. The average Bonchev–Trinajstić information content (AvgIpc) is 2.90. The molecular weight excluding hydrogens is 298 g/mol. The predicted molar refractivity (Wildman–Crippen MR) is 85.9 cm³/mol. The van der Waals surface area contributed by atoms with Gasteiger partial charge in [0.2, 0.25) is 0 Å². The zero-order valence-electron chi connectivity index (χ0n) is 14.1. The number of ether oxygens (including phenoxy) is 2. The lowest BCUT2D eigenvalue weighted by molar-refractivity contribution is 0.0518. The van der Waals surface area contributed by atoms with Crippen LogP contribution in [0, 0.1) is 0 Å². The van der Waals surface area contributed by atoms with Crippen molar-refractivity contribution in [3.63, 3.8) is 0 Å². The van der Waals surface area contributed by atoms with Gasteiger partial charge in [-0.3, -0.25) is 4.79 Å². The van der Waals surface area contributed by atoms with Crippen molar-refractivity contribution in [2.75, 3.05) is 13.2 Å². The van der Waals surface area contributed by atoms with Gasteiger partial charge in [-0.2, -0.15) is 0 Å². The summed E-state index contributed by atoms with van der Waals surface area (Å²) in [5.74, 6) is -1.15. The third kappa shape index (κ3) is 4.94. The van der Waals surface area contributed by atoms with Gasteiger partial charge in [-0.25, -0.2) is 9.59 Å². The molecule has 0 unspecified atom stereocenters. The second-order valence-electron chi connectivity index (χ2n) is 5.14. The van der Waals surface area contributed by atoms with Crippen molar-refractivity contribution >= 4 is 18.2 Å². The first kappa shape index (κ1) is 18.9. The van der Waals surface area contributed by atoms with E-state index in [0.717, 1.165) is 25.7 Å². The van der Waals surface area contributed by atoms with Crippen LogP contribution in [-0.2, 0) is 15.9 Å². The smallest absolute Gasteiger partial charge is 0.355 e. The molecule has 128 valence electrons. The highest BCUT2D eigenvalue weighted by atomic mass is 16.5. The third-order valence-electron chi connectivity index (χ3n) is 3.49. The summed E-state index contributed by atoms with van der Waals surface area (Å²) < 4.78 is 10.0.